The number of hydrogen-bond acceptors (Lipinski definition) is 5. The average molecular weight is 470 g/mol. The van der Waals surface area contributed by atoms with E-state index in [1.54, 1.807) is 21.3 Å². The van der Waals surface area contributed by atoms with Crippen molar-refractivity contribution >= 4 is 6.03 Å². The van der Waals surface area contributed by atoms with E-state index in [4.69, 9.17) is 14.2 Å². The van der Waals surface area contributed by atoms with Gasteiger partial charge < -0.3 is 24.4 Å². The number of amides is 2. The summed E-state index contributed by atoms with van der Waals surface area (Å²) in [7, 11) is 4.93. The van der Waals surface area contributed by atoms with E-state index in [1.807, 2.05) is 41.3 Å². The summed E-state index contributed by atoms with van der Waals surface area (Å²) >= 11 is 0. The van der Waals surface area contributed by atoms with Crippen LogP contribution in [0, 0.1) is 0 Å². The first kappa shape index (κ1) is 25.7. The van der Waals surface area contributed by atoms with E-state index in [0.29, 0.717) is 36.7 Å². The number of nitrogens with one attached hydrogen (secondary N) is 1. The fourth-order valence-electron chi connectivity index (χ4n) is 4.82. The Morgan fingerprint density at radius 1 is 1.00 bits per heavy atom. The summed E-state index contributed by atoms with van der Waals surface area (Å²) in [4.78, 5) is 17.7. The second-order valence-electron chi connectivity index (χ2n) is 9.18. The van der Waals surface area contributed by atoms with Crippen LogP contribution in [0.5, 0.6) is 17.2 Å². The fourth-order valence-corrected chi connectivity index (χ4v) is 4.82. The van der Waals surface area contributed by atoms with Crippen molar-refractivity contribution in [2.75, 3.05) is 41.0 Å². The predicted octanol–water partition coefficient (Wildman–Crippen LogP) is 4.49. The van der Waals surface area contributed by atoms with Gasteiger partial charge in [-0.25, -0.2) is 4.79 Å². The summed E-state index contributed by atoms with van der Waals surface area (Å²) in [5.41, 5.74) is 3.23. The molecule has 34 heavy (non-hydrogen) atoms. The quantitative estimate of drug-likeness (QED) is 0.586. The molecule has 0 spiro atoms. The third-order valence-corrected chi connectivity index (χ3v) is 6.54. The first-order valence-electron chi connectivity index (χ1n) is 12.0. The van der Waals surface area contributed by atoms with Crippen molar-refractivity contribution < 1.29 is 19.0 Å². The molecule has 0 bridgehead atoms. The second-order valence-corrected chi connectivity index (χ2v) is 9.18. The molecule has 1 heterocycles. The van der Waals surface area contributed by atoms with Gasteiger partial charge in [0.05, 0.1) is 27.4 Å². The lowest BCUT2D eigenvalue weighted by Gasteiger charge is -2.38. The number of ether oxygens (including phenoxy) is 3. The molecule has 1 unspecified atom stereocenters. The second kappa shape index (κ2) is 11.5. The van der Waals surface area contributed by atoms with Crippen molar-refractivity contribution in [3.05, 3.63) is 53.1 Å². The van der Waals surface area contributed by atoms with E-state index in [2.05, 4.69) is 37.9 Å². The molecular formula is C27H39N3O4. The molecule has 2 amide bonds. The van der Waals surface area contributed by atoms with Gasteiger partial charge in [-0.05, 0) is 75.1 Å². The lowest BCUT2D eigenvalue weighted by atomic mass is 9.87. The van der Waals surface area contributed by atoms with Crippen LogP contribution >= 0.6 is 0 Å². The van der Waals surface area contributed by atoms with E-state index in [9.17, 15) is 4.79 Å². The summed E-state index contributed by atoms with van der Waals surface area (Å²) in [5, 5.41) is 3.16. The number of benzene rings is 2. The Hall–Kier alpha value is -2.93. The number of carbonyl (C=O) groups excluding carboxylic acids is 1. The van der Waals surface area contributed by atoms with Gasteiger partial charge in [0.2, 0.25) is 0 Å². The van der Waals surface area contributed by atoms with E-state index in [0.717, 1.165) is 35.4 Å². The van der Waals surface area contributed by atoms with Crippen LogP contribution < -0.4 is 19.5 Å². The van der Waals surface area contributed by atoms with E-state index < -0.39 is 0 Å². The number of fused-ring (bicyclic) bond motifs is 1. The van der Waals surface area contributed by atoms with Crippen molar-refractivity contribution in [3.63, 3.8) is 0 Å². The molecule has 0 radical (unpaired) electrons. The molecule has 186 valence electrons. The summed E-state index contributed by atoms with van der Waals surface area (Å²) in [6.45, 7) is 10.8. The normalized spacial score (nSPS) is 15.5. The van der Waals surface area contributed by atoms with Crippen LogP contribution in [0.15, 0.2) is 36.4 Å². The molecule has 1 atom stereocenters. The zero-order valence-electron chi connectivity index (χ0n) is 21.6. The zero-order valence-corrected chi connectivity index (χ0v) is 21.6. The van der Waals surface area contributed by atoms with Crippen LogP contribution in [-0.4, -0.2) is 68.9 Å². The SMILES string of the molecule is COc1ccc(C2c3cc(OC)c(OC)cc3CCN2C(=O)NCCN(C(C)C)C(C)C)cc1. The summed E-state index contributed by atoms with van der Waals surface area (Å²) in [6, 6.07) is 12.5. The lowest BCUT2D eigenvalue weighted by Crippen LogP contribution is -2.49. The third kappa shape index (κ3) is 5.58. The molecule has 2 aromatic carbocycles. The first-order valence-corrected chi connectivity index (χ1v) is 12.0. The van der Waals surface area contributed by atoms with Gasteiger partial charge in [0, 0.05) is 31.7 Å². The molecule has 0 saturated heterocycles. The molecule has 1 aliphatic rings. The number of rotatable bonds is 9. The first-order chi connectivity index (χ1) is 16.3. The van der Waals surface area contributed by atoms with Crippen molar-refractivity contribution in [2.24, 2.45) is 0 Å². The van der Waals surface area contributed by atoms with Crippen LogP contribution in [0.1, 0.15) is 50.4 Å². The lowest BCUT2D eigenvalue weighted by molar-refractivity contribution is 0.162. The highest BCUT2D eigenvalue weighted by atomic mass is 16.5. The van der Waals surface area contributed by atoms with Crippen LogP contribution in [-0.2, 0) is 6.42 Å². The Morgan fingerprint density at radius 2 is 1.62 bits per heavy atom. The van der Waals surface area contributed by atoms with Gasteiger partial charge in [-0.1, -0.05) is 12.1 Å². The van der Waals surface area contributed by atoms with Crippen LogP contribution in [0.4, 0.5) is 4.79 Å². The van der Waals surface area contributed by atoms with Crippen LogP contribution in [0.3, 0.4) is 0 Å². The minimum atomic E-state index is -0.235. The standard InChI is InChI=1S/C27H39N3O4/c1-18(2)29(19(3)4)15-13-28-27(31)30-14-12-21-16-24(33-6)25(34-7)17-23(21)26(30)20-8-10-22(32-5)11-9-20/h8-11,16-19,26H,12-15H2,1-7H3,(H,28,31). The summed E-state index contributed by atoms with van der Waals surface area (Å²) in [5.74, 6) is 2.15. The van der Waals surface area contributed by atoms with E-state index in [-0.39, 0.29) is 12.1 Å². The topological polar surface area (TPSA) is 63.3 Å². The molecule has 0 saturated carbocycles. The highest BCUT2D eigenvalue weighted by molar-refractivity contribution is 5.76. The smallest absolute Gasteiger partial charge is 0.318 e. The van der Waals surface area contributed by atoms with Gasteiger partial charge in [0.1, 0.15) is 5.75 Å². The van der Waals surface area contributed by atoms with Crippen molar-refractivity contribution in [1.29, 1.82) is 0 Å². The molecule has 1 aliphatic heterocycles. The molecule has 7 heteroatoms. The van der Waals surface area contributed by atoms with Crippen LogP contribution in [0.2, 0.25) is 0 Å². The monoisotopic (exact) mass is 469 g/mol. The molecule has 0 fully saturated rings. The molecule has 0 aromatic heterocycles. The molecular weight excluding hydrogens is 430 g/mol. The average Bonchev–Trinajstić information content (AvgIpc) is 2.84. The van der Waals surface area contributed by atoms with E-state index >= 15 is 0 Å². The molecule has 2 aromatic rings. The van der Waals surface area contributed by atoms with E-state index in [1.165, 1.54) is 0 Å². The van der Waals surface area contributed by atoms with Crippen LogP contribution in [0.25, 0.3) is 0 Å². The Kier molecular flexibility index (Phi) is 8.67. The largest absolute Gasteiger partial charge is 0.497 e. The molecule has 0 aliphatic carbocycles. The van der Waals surface area contributed by atoms with Crippen molar-refractivity contribution in [3.8, 4) is 17.2 Å². The maximum atomic E-state index is 13.4. The highest BCUT2D eigenvalue weighted by Gasteiger charge is 2.33. The zero-order chi connectivity index (χ0) is 24.8. The number of methoxy groups -OCH3 is 3. The van der Waals surface area contributed by atoms with Crippen molar-refractivity contribution in [1.82, 2.24) is 15.1 Å². The van der Waals surface area contributed by atoms with Gasteiger partial charge in [0.15, 0.2) is 11.5 Å². The Labute approximate surface area is 204 Å². The van der Waals surface area contributed by atoms with Gasteiger partial charge >= 0.3 is 6.03 Å². The fraction of sp³-hybridized carbons (Fsp3) is 0.519. The molecule has 7 nitrogen and oxygen atoms in total. The molecule has 1 N–H and O–H groups in total. The van der Waals surface area contributed by atoms with Gasteiger partial charge in [-0.3, -0.25) is 4.90 Å². The van der Waals surface area contributed by atoms with Crippen molar-refractivity contribution in [2.45, 2.75) is 52.2 Å². The number of urea groups is 1. The maximum Gasteiger partial charge on any atom is 0.318 e. The van der Waals surface area contributed by atoms with Gasteiger partial charge in [-0.2, -0.15) is 0 Å². The number of carbonyl (C=O) groups is 1. The summed E-state index contributed by atoms with van der Waals surface area (Å²) < 4.78 is 16.5. The minimum absolute atomic E-state index is 0.0614. The van der Waals surface area contributed by atoms with Gasteiger partial charge in [0.25, 0.3) is 0 Å². The van der Waals surface area contributed by atoms with Gasteiger partial charge in [-0.15, -0.1) is 0 Å². The maximum absolute atomic E-state index is 13.4. The number of nitrogens with zero attached hydrogens (tertiary/aromatic N) is 2. The molecule has 3 rings (SSSR count). The number of hydrogen-bond donors (Lipinski definition) is 1. The Bertz CT molecular complexity index is 951. The highest BCUT2D eigenvalue weighted by Crippen LogP contribution is 2.41. The Morgan fingerprint density at radius 3 is 2.18 bits per heavy atom. The summed E-state index contributed by atoms with van der Waals surface area (Å²) in [6.07, 6.45) is 0.750. The Balaban J connectivity index is 1.90. The third-order valence-electron chi connectivity index (χ3n) is 6.54. The predicted molar refractivity (Wildman–Crippen MR) is 135 cm³/mol. The minimum Gasteiger partial charge on any atom is -0.497 e.